The summed E-state index contributed by atoms with van der Waals surface area (Å²) in [6, 6.07) is 44.8. The highest BCUT2D eigenvalue weighted by molar-refractivity contribution is 5.89. The number of fused-ring (bicyclic) bond motifs is 5. The summed E-state index contributed by atoms with van der Waals surface area (Å²) in [6.45, 7) is 4.61. The number of H-pyrrole nitrogens is 1. The van der Waals surface area contributed by atoms with Crippen molar-refractivity contribution in [3.05, 3.63) is 155 Å². The van der Waals surface area contributed by atoms with Crippen LogP contribution in [0.3, 0.4) is 0 Å². The molecule has 0 aliphatic carbocycles. The molecular weight excluding hydrogens is 472 g/mol. The summed E-state index contributed by atoms with van der Waals surface area (Å²) in [5, 5.41) is 5.25. The van der Waals surface area contributed by atoms with Crippen LogP contribution in [0.4, 0.5) is 0 Å². The molecule has 39 heavy (non-hydrogen) atoms. The topological polar surface area (TPSA) is 20.7 Å². The van der Waals surface area contributed by atoms with Crippen LogP contribution in [-0.2, 0) is 0 Å². The van der Waals surface area contributed by atoms with Crippen molar-refractivity contribution < 1.29 is 0 Å². The second kappa shape index (κ2) is 8.47. The molecule has 1 N–H and O–H groups in total. The highest BCUT2D eigenvalue weighted by Crippen LogP contribution is 2.57. The number of benzene rings is 5. The van der Waals surface area contributed by atoms with Crippen LogP contribution < -0.4 is 0 Å². The minimum atomic E-state index is 0.143. The van der Waals surface area contributed by atoms with Gasteiger partial charge in [0.25, 0.3) is 0 Å². The Hall–Kier alpha value is -4.56. The Morgan fingerprint density at radius 1 is 0.590 bits per heavy atom. The van der Waals surface area contributed by atoms with Crippen LogP contribution in [0.25, 0.3) is 32.6 Å². The first-order chi connectivity index (χ1) is 19.2. The lowest BCUT2D eigenvalue weighted by molar-refractivity contribution is 0.520. The standard InChI is InChI=1S/C37H30N2/c1-23-29-16-8-10-18-31(29)38-35(23)37-33(26-13-4-3-5-14-26)34(28-21-20-25-12-6-7-15-27(25)22-28)36-24(2)30-17-9-11-19-32(30)39(36)37/h3-22,33-34,37-38H,1-2H3/t33-,34-,37-/m1/s1. The Labute approximate surface area is 228 Å². The smallest absolute Gasteiger partial charge is 0.0819 e. The van der Waals surface area contributed by atoms with E-state index in [2.05, 4.69) is 145 Å². The van der Waals surface area contributed by atoms with Crippen LogP contribution in [0.5, 0.6) is 0 Å². The molecule has 2 aromatic heterocycles. The van der Waals surface area contributed by atoms with Crippen LogP contribution in [0.1, 0.15) is 51.5 Å². The van der Waals surface area contributed by atoms with Crippen molar-refractivity contribution in [2.75, 3.05) is 0 Å². The van der Waals surface area contributed by atoms with Gasteiger partial charge in [0.05, 0.1) is 6.04 Å². The van der Waals surface area contributed by atoms with E-state index in [4.69, 9.17) is 0 Å². The van der Waals surface area contributed by atoms with Gasteiger partial charge in [-0.1, -0.05) is 109 Å². The zero-order chi connectivity index (χ0) is 26.1. The highest BCUT2D eigenvalue weighted by Gasteiger charge is 2.46. The van der Waals surface area contributed by atoms with Gasteiger partial charge in [-0.3, -0.25) is 0 Å². The Kier molecular flexibility index (Phi) is 4.87. The monoisotopic (exact) mass is 502 g/mol. The lowest BCUT2D eigenvalue weighted by Crippen LogP contribution is -2.17. The van der Waals surface area contributed by atoms with E-state index in [9.17, 15) is 0 Å². The third-order valence-corrected chi connectivity index (χ3v) is 9.10. The molecule has 0 bridgehead atoms. The molecular formula is C37H30N2. The fourth-order valence-electron chi connectivity index (χ4n) is 7.37. The summed E-state index contributed by atoms with van der Waals surface area (Å²) < 4.78 is 2.67. The van der Waals surface area contributed by atoms with Crippen LogP contribution >= 0.6 is 0 Å². The predicted octanol–water partition coefficient (Wildman–Crippen LogP) is 9.41. The van der Waals surface area contributed by atoms with E-state index >= 15 is 0 Å². The molecule has 2 nitrogen and oxygen atoms in total. The zero-order valence-corrected chi connectivity index (χ0v) is 22.2. The van der Waals surface area contributed by atoms with E-state index in [1.54, 1.807) is 0 Å². The SMILES string of the molecule is Cc1c([C@H]2[C@H](c3ccccc3)[C@@H](c3ccc4ccccc4c3)c3c(C)c4ccccc4n32)[nH]c2ccccc12. The molecule has 3 atom stereocenters. The Morgan fingerprint density at radius 2 is 1.28 bits per heavy atom. The molecule has 0 fully saturated rings. The van der Waals surface area contributed by atoms with Gasteiger partial charge in [0, 0.05) is 45.0 Å². The first-order valence-corrected chi connectivity index (χ1v) is 13.9. The lowest BCUT2D eigenvalue weighted by Gasteiger charge is -2.27. The van der Waals surface area contributed by atoms with Gasteiger partial charge < -0.3 is 9.55 Å². The number of rotatable bonds is 3. The van der Waals surface area contributed by atoms with Gasteiger partial charge in [-0.05, 0) is 59.0 Å². The second-order valence-electron chi connectivity index (χ2n) is 11.1. The van der Waals surface area contributed by atoms with E-state index in [-0.39, 0.29) is 17.9 Å². The third kappa shape index (κ3) is 3.21. The van der Waals surface area contributed by atoms with Crippen molar-refractivity contribution in [1.29, 1.82) is 0 Å². The Balaban J connectivity index is 1.48. The number of hydrogen-bond acceptors (Lipinski definition) is 0. The second-order valence-corrected chi connectivity index (χ2v) is 11.1. The van der Waals surface area contributed by atoms with Crippen molar-refractivity contribution in [3.63, 3.8) is 0 Å². The number of aromatic nitrogens is 2. The number of aromatic amines is 1. The van der Waals surface area contributed by atoms with Crippen LogP contribution in [0.2, 0.25) is 0 Å². The predicted molar refractivity (Wildman–Crippen MR) is 163 cm³/mol. The molecule has 1 aliphatic rings. The molecule has 1 aliphatic heterocycles. The van der Waals surface area contributed by atoms with Gasteiger partial charge in [0.2, 0.25) is 0 Å². The van der Waals surface area contributed by atoms with Crippen LogP contribution in [0.15, 0.2) is 121 Å². The molecule has 2 heteroatoms. The van der Waals surface area contributed by atoms with Gasteiger partial charge in [0.15, 0.2) is 0 Å². The van der Waals surface area contributed by atoms with Gasteiger partial charge in [-0.15, -0.1) is 0 Å². The normalized spacial score (nSPS) is 18.8. The van der Waals surface area contributed by atoms with Crippen LogP contribution in [0, 0.1) is 13.8 Å². The maximum atomic E-state index is 3.90. The van der Waals surface area contributed by atoms with Gasteiger partial charge in [-0.25, -0.2) is 0 Å². The Bertz CT molecular complexity index is 2010. The van der Waals surface area contributed by atoms with Crippen molar-refractivity contribution in [3.8, 4) is 0 Å². The largest absolute Gasteiger partial charge is 0.356 e. The summed E-state index contributed by atoms with van der Waals surface area (Å²) in [6.07, 6.45) is 0. The summed E-state index contributed by atoms with van der Waals surface area (Å²) in [5.41, 5.74) is 10.8. The number of aryl methyl sites for hydroxylation is 2. The number of nitrogens with one attached hydrogen (secondary N) is 1. The molecule has 0 amide bonds. The number of nitrogens with zero attached hydrogens (tertiary/aromatic N) is 1. The summed E-state index contributed by atoms with van der Waals surface area (Å²) >= 11 is 0. The molecule has 0 unspecified atom stereocenters. The van der Waals surface area contributed by atoms with Crippen molar-refractivity contribution in [1.82, 2.24) is 9.55 Å². The molecule has 0 saturated heterocycles. The maximum absolute atomic E-state index is 3.90. The van der Waals surface area contributed by atoms with Gasteiger partial charge in [-0.2, -0.15) is 0 Å². The zero-order valence-electron chi connectivity index (χ0n) is 22.2. The van der Waals surface area contributed by atoms with Gasteiger partial charge in [0.1, 0.15) is 0 Å². The highest BCUT2D eigenvalue weighted by atomic mass is 15.1. The molecule has 3 heterocycles. The van der Waals surface area contributed by atoms with Crippen LogP contribution in [-0.4, -0.2) is 9.55 Å². The first kappa shape index (κ1) is 22.4. The average molecular weight is 503 g/mol. The minimum absolute atomic E-state index is 0.143. The number of para-hydroxylation sites is 2. The molecule has 7 aromatic rings. The minimum Gasteiger partial charge on any atom is -0.356 e. The first-order valence-electron chi connectivity index (χ1n) is 13.9. The van der Waals surface area contributed by atoms with E-state index < -0.39 is 0 Å². The van der Waals surface area contributed by atoms with Crippen molar-refractivity contribution in [2.45, 2.75) is 31.7 Å². The van der Waals surface area contributed by atoms with Gasteiger partial charge >= 0.3 is 0 Å². The molecule has 8 rings (SSSR count). The average Bonchev–Trinajstić information content (AvgIpc) is 3.61. The molecule has 188 valence electrons. The van der Waals surface area contributed by atoms with E-state index in [0.717, 1.165) is 0 Å². The summed E-state index contributed by atoms with van der Waals surface area (Å²) in [4.78, 5) is 3.90. The van der Waals surface area contributed by atoms with E-state index in [1.807, 2.05) is 0 Å². The van der Waals surface area contributed by atoms with E-state index in [0.29, 0.717) is 0 Å². The van der Waals surface area contributed by atoms with Crippen molar-refractivity contribution in [2.24, 2.45) is 0 Å². The summed E-state index contributed by atoms with van der Waals surface area (Å²) in [5.74, 6) is 0.470. The fourth-order valence-corrected chi connectivity index (χ4v) is 7.37. The Morgan fingerprint density at radius 3 is 2.10 bits per heavy atom. The van der Waals surface area contributed by atoms with E-state index in [1.165, 1.54) is 66.2 Å². The van der Waals surface area contributed by atoms with Crippen molar-refractivity contribution >= 4 is 32.6 Å². The third-order valence-electron chi connectivity index (χ3n) is 9.10. The quantitative estimate of drug-likeness (QED) is 0.248. The number of hydrogen-bond donors (Lipinski definition) is 1. The summed E-state index contributed by atoms with van der Waals surface area (Å²) in [7, 11) is 0. The maximum Gasteiger partial charge on any atom is 0.0819 e. The fraction of sp³-hybridized carbons (Fsp3) is 0.135. The lowest BCUT2D eigenvalue weighted by atomic mass is 9.76. The molecule has 0 saturated carbocycles. The molecule has 0 spiro atoms. The molecule has 5 aromatic carbocycles. The molecule has 0 radical (unpaired) electrons.